The van der Waals surface area contributed by atoms with E-state index in [1.807, 2.05) is 27.7 Å². The highest BCUT2D eigenvalue weighted by atomic mass is 16.5. The molecule has 0 aliphatic heterocycles. The Kier molecular flexibility index (Phi) is 6.03. The summed E-state index contributed by atoms with van der Waals surface area (Å²) < 4.78 is 5.27. The van der Waals surface area contributed by atoms with Crippen molar-refractivity contribution in [3.8, 4) is 0 Å². The summed E-state index contributed by atoms with van der Waals surface area (Å²) in [6.45, 7) is 8.13. The molecule has 2 amide bonds. The lowest BCUT2D eigenvalue weighted by molar-refractivity contribution is -0.135. The zero-order valence-corrected chi connectivity index (χ0v) is 10.8. The summed E-state index contributed by atoms with van der Waals surface area (Å²) in [5, 5.41) is 2.52. The summed E-state index contributed by atoms with van der Waals surface area (Å²) in [7, 11) is 1.69. The summed E-state index contributed by atoms with van der Waals surface area (Å²) in [4.78, 5) is 24.2. The molecule has 0 unspecified atom stereocenters. The Morgan fingerprint density at radius 1 is 1.31 bits per heavy atom. The van der Waals surface area contributed by atoms with Gasteiger partial charge in [-0.15, -0.1) is 0 Å². The van der Waals surface area contributed by atoms with Crippen LogP contribution in [0.3, 0.4) is 0 Å². The van der Waals surface area contributed by atoms with Gasteiger partial charge in [0.05, 0.1) is 12.1 Å². The molecule has 0 aromatic carbocycles. The lowest BCUT2D eigenvalue weighted by Crippen LogP contribution is -2.40. The van der Waals surface area contributed by atoms with Crippen molar-refractivity contribution in [2.45, 2.75) is 33.3 Å². The summed E-state index contributed by atoms with van der Waals surface area (Å²) in [6.07, 6.45) is 0. The molecule has 0 spiro atoms. The van der Waals surface area contributed by atoms with Crippen LogP contribution in [0.15, 0.2) is 0 Å². The van der Waals surface area contributed by atoms with Gasteiger partial charge in [-0.1, -0.05) is 0 Å². The predicted octanol–water partition coefficient (Wildman–Crippen LogP) is 0.396. The molecule has 0 aromatic rings. The van der Waals surface area contributed by atoms with E-state index in [1.165, 1.54) is 0 Å². The molecule has 0 aromatic heterocycles. The van der Waals surface area contributed by atoms with E-state index in [0.29, 0.717) is 6.54 Å². The normalized spacial score (nSPS) is 11.1. The Morgan fingerprint density at radius 3 is 2.31 bits per heavy atom. The van der Waals surface area contributed by atoms with E-state index < -0.39 is 0 Å². The number of hydrogen-bond donors (Lipinski definition) is 1. The molecule has 0 radical (unpaired) electrons. The minimum Gasteiger partial charge on any atom is -0.366 e. The second-order valence-electron chi connectivity index (χ2n) is 4.59. The van der Waals surface area contributed by atoms with Crippen LogP contribution in [0.1, 0.15) is 27.7 Å². The third-order valence-electron chi connectivity index (χ3n) is 1.97. The quantitative estimate of drug-likeness (QED) is 0.743. The minimum absolute atomic E-state index is 0.0212. The molecule has 0 aliphatic rings. The second-order valence-corrected chi connectivity index (χ2v) is 4.59. The molecule has 0 fully saturated rings. The first kappa shape index (κ1) is 14.9. The van der Waals surface area contributed by atoms with Gasteiger partial charge in [-0.25, -0.2) is 0 Å². The van der Waals surface area contributed by atoms with Crippen LogP contribution in [-0.4, -0.2) is 49.1 Å². The number of hydrogen-bond acceptors (Lipinski definition) is 3. The molecule has 5 nitrogen and oxygen atoms in total. The largest absolute Gasteiger partial charge is 0.366 e. The van der Waals surface area contributed by atoms with Crippen LogP contribution >= 0.6 is 0 Å². The minimum atomic E-state index is -0.346. The van der Waals surface area contributed by atoms with E-state index >= 15 is 0 Å². The maximum atomic E-state index is 11.4. The molecule has 94 valence electrons. The molecule has 0 aliphatic carbocycles. The van der Waals surface area contributed by atoms with Gasteiger partial charge in [0.25, 0.3) is 0 Å². The first-order chi connectivity index (χ1) is 7.26. The number of carbonyl (C=O) groups excluding carboxylic acids is 2. The second kappa shape index (κ2) is 6.48. The van der Waals surface area contributed by atoms with Crippen LogP contribution in [-0.2, 0) is 14.3 Å². The van der Waals surface area contributed by atoms with Crippen LogP contribution in [0.4, 0.5) is 0 Å². The van der Waals surface area contributed by atoms with Gasteiger partial charge in [-0.3, -0.25) is 9.59 Å². The zero-order valence-electron chi connectivity index (χ0n) is 10.8. The van der Waals surface area contributed by atoms with Gasteiger partial charge in [0, 0.05) is 13.6 Å². The number of carbonyl (C=O) groups is 2. The number of amides is 2. The molecule has 0 saturated carbocycles. The summed E-state index contributed by atoms with van der Waals surface area (Å²) in [5.41, 5.74) is -0.346. The van der Waals surface area contributed by atoms with Crippen molar-refractivity contribution in [1.82, 2.24) is 10.2 Å². The average molecular weight is 230 g/mol. The first-order valence-electron chi connectivity index (χ1n) is 5.41. The number of nitrogens with zero attached hydrogens (tertiary/aromatic N) is 1. The third-order valence-corrected chi connectivity index (χ3v) is 1.97. The maximum absolute atomic E-state index is 11.4. The fourth-order valence-corrected chi connectivity index (χ4v) is 0.819. The van der Waals surface area contributed by atoms with E-state index in [9.17, 15) is 9.59 Å². The Morgan fingerprint density at radius 2 is 1.88 bits per heavy atom. The molecule has 1 N–H and O–H groups in total. The highest BCUT2D eigenvalue weighted by Gasteiger charge is 2.14. The summed E-state index contributed by atoms with van der Waals surface area (Å²) >= 11 is 0. The topological polar surface area (TPSA) is 58.6 Å². The van der Waals surface area contributed by atoms with E-state index in [1.54, 1.807) is 11.9 Å². The Hall–Kier alpha value is -1.10. The van der Waals surface area contributed by atoms with Gasteiger partial charge in [0.1, 0.15) is 6.61 Å². The summed E-state index contributed by atoms with van der Waals surface area (Å²) in [6, 6.07) is 0. The van der Waals surface area contributed by atoms with Crippen molar-refractivity contribution >= 4 is 11.8 Å². The first-order valence-corrected chi connectivity index (χ1v) is 5.41. The predicted molar refractivity (Wildman–Crippen MR) is 62.0 cm³/mol. The third kappa shape index (κ3) is 7.23. The number of rotatable bonds is 5. The Balaban J connectivity index is 3.78. The van der Waals surface area contributed by atoms with Crippen molar-refractivity contribution in [1.29, 1.82) is 0 Å². The van der Waals surface area contributed by atoms with Gasteiger partial charge in [0.2, 0.25) is 11.8 Å². The lowest BCUT2D eigenvalue weighted by Gasteiger charge is -2.19. The van der Waals surface area contributed by atoms with Crippen molar-refractivity contribution < 1.29 is 14.3 Å². The number of ether oxygens (including phenoxy) is 1. The van der Waals surface area contributed by atoms with E-state index in [0.717, 1.165) is 0 Å². The van der Waals surface area contributed by atoms with Gasteiger partial charge in [-0.2, -0.15) is 0 Å². The fraction of sp³-hybridized carbons (Fsp3) is 0.818. The molecular weight excluding hydrogens is 208 g/mol. The average Bonchev–Trinajstić information content (AvgIpc) is 2.20. The van der Waals surface area contributed by atoms with E-state index in [-0.39, 0.29) is 30.6 Å². The Labute approximate surface area is 97.1 Å². The van der Waals surface area contributed by atoms with E-state index in [4.69, 9.17) is 4.74 Å². The number of likely N-dealkylation sites (N-methyl/N-ethyl adjacent to an activating group) is 1. The lowest BCUT2D eigenvalue weighted by atomic mass is 10.2. The van der Waals surface area contributed by atoms with Crippen molar-refractivity contribution in [3.05, 3.63) is 0 Å². The van der Waals surface area contributed by atoms with Gasteiger partial charge < -0.3 is 15.0 Å². The van der Waals surface area contributed by atoms with E-state index in [2.05, 4.69) is 5.32 Å². The van der Waals surface area contributed by atoms with Crippen molar-refractivity contribution in [2.75, 3.05) is 26.7 Å². The van der Waals surface area contributed by atoms with Crippen LogP contribution in [0.5, 0.6) is 0 Å². The SMILES string of the molecule is CCN(C)C(=O)CNC(=O)COC(C)(C)C. The molecule has 0 saturated heterocycles. The number of nitrogens with one attached hydrogen (secondary N) is 1. The standard InChI is InChI=1S/C11H22N2O3/c1-6-13(5)10(15)7-12-9(14)8-16-11(2,3)4/h6-8H2,1-5H3,(H,12,14). The highest BCUT2D eigenvalue weighted by Crippen LogP contribution is 2.05. The Bertz CT molecular complexity index is 246. The smallest absolute Gasteiger partial charge is 0.246 e. The maximum Gasteiger partial charge on any atom is 0.246 e. The van der Waals surface area contributed by atoms with Gasteiger partial charge in [-0.05, 0) is 27.7 Å². The molecule has 16 heavy (non-hydrogen) atoms. The highest BCUT2D eigenvalue weighted by molar-refractivity contribution is 5.85. The molecule has 0 heterocycles. The van der Waals surface area contributed by atoms with Crippen molar-refractivity contribution in [3.63, 3.8) is 0 Å². The van der Waals surface area contributed by atoms with Crippen LogP contribution in [0, 0.1) is 0 Å². The van der Waals surface area contributed by atoms with Crippen molar-refractivity contribution in [2.24, 2.45) is 0 Å². The molecular formula is C11H22N2O3. The molecule has 0 bridgehead atoms. The monoisotopic (exact) mass is 230 g/mol. The molecule has 0 rings (SSSR count). The van der Waals surface area contributed by atoms with Crippen LogP contribution < -0.4 is 5.32 Å². The zero-order chi connectivity index (χ0) is 12.8. The fourth-order valence-electron chi connectivity index (χ4n) is 0.819. The van der Waals surface area contributed by atoms with Crippen LogP contribution in [0.25, 0.3) is 0 Å². The molecule has 0 atom stereocenters. The van der Waals surface area contributed by atoms with Gasteiger partial charge in [0.15, 0.2) is 0 Å². The summed E-state index contributed by atoms with van der Waals surface area (Å²) in [5.74, 6) is -0.376. The van der Waals surface area contributed by atoms with Crippen LogP contribution in [0.2, 0.25) is 0 Å². The van der Waals surface area contributed by atoms with Gasteiger partial charge >= 0.3 is 0 Å². The molecule has 5 heteroatoms.